The van der Waals surface area contributed by atoms with Gasteiger partial charge in [-0.2, -0.15) is 0 Å². The van der Waals surface area contributed by atoms with Crippen molar-refractivity contribution in [1.29, 1.82) is 0 Å². The lowest BCUT2D eigenvalue weighted by Crippen LogP contribution is -2.50. The third kappa shape index (κ3) is 27.2. The number of rotatable bonds is 11. The van der Waals surface area contributed by atoms with E-state index in [4.69, 9.17) is 0 Å². The molecule has 0 unspecified atom stereocenters. The maximum atomic E-state index is 9.44. The summed E-state index contributed by atoms with van der Waals surface area (Å²) >= 11 is 0. The van der Waals surface area contributed by atoms with Crippen LogP contribution in [0.1, 0.15) is 78.1 Å². The average molecular weight is 295 g/mol. The molecule has 0 saturated carbocycles. The van der Waals surface area contributed by atoms with Crippen molar-refractivity contribution in [3.63, 3.8) is 0 Å². The molecule has 0 aliphatic carbocycles. The zero-order valence-electron chi connectivity index (χ0n) is 12.8. The van der Waals surface area contributed by atoms with Crippen LogP contribution in [0.5, 0.6) is 0 Å². The Morgan fingerprint density at radius 2 is 1.11 bits per heavy atom. The van der Waals surface area contributed by atoms with Gasteiger partial charge < -0.3 is 10.3 Å². The smallest absolute Gasteiger partial charge is 0.0943 e. The first-order chi connectivity index (χ1) is 8.97. The van der Waals surface area contributed by atoms with Gasteiger partial charge in [0.15, 0.2) is 0 Å². The maximum Gasteiger partial charge on any atom is 0.0943 e. The topological polar surface area (TPSA) is 84.8 Å². The molecule has 0 aliphatic rings. The summed E-state index contributed by atoms with van der Waals surface area (Å²) in [4.78, 5) is 0. The van der Waals surface area contributed by atoms with Gasteiger partial charge in [0.2, 0.25) is 0 Å². The van der Waals surface area contributed by atoms with Gasteiger partial charge in [-0.3, -0.25) is 0 Å². The molecular weight excluding hydrogens is 262 g/mol. The Hall–Kier alpha value is -0.130. The van der Waals surface area contributed by atoms with Crippen molar-refractivity contribution in [3.8, 4) is 0 Å². The van der Waals surface area contributed by atoms with Crippen LogP contribution < -0.4 is 5.73 Å². The van der Waals surface area contributed by atoms with Crippen molar-refractivity contribution < 1.29 is 18.7 Å². The lowest BCUT2D eigenvalue weighted by Gasteiger charge is -2.00. The van der Waals surface area contributed by atoms with E-state index < -0.39 is 10.1 Å². The highest BCUT2D eigenvalue weighted by molar-refractivity contribution is 7.85. The minimum Gasteiger partial charge on any atom is -0.748 e. The highest BCUT2D eigenvalue weighted by Gasteiger charge is 1.91. The van der Waals surface area contributed by atoms with E-state index in [1.807, 2.05) is 0 Å². The van der Waals surface area contributed by atoms with Crippen molar-refractivity contribution in [3.05, 3.63) is 0 Å². The fraction of sp³-hybridized carbons (Fsp3) is 1.00. The van der Waals surface area contributed by atoms with Crippen LogP contribution in [0.15, 0.2) is 0 Å². The van der Waals surface area contributed by atoms with E-state index in [0.717, 1.165) is 6.54 Å². The summed E-state index contributed by atoms with van der Waals surface area (Å²) in [6.07, 6.45) is 14.2. The predicted molar refractivity (Wildman–Crippen MR) is 79.8 cm³/mol. The summed E-state index contributed by atoms with van der Waals surface area (Å²) < 4.78 is 28.3. The molecule has 19 heavy (non-hydrogen) atoms. The first-order valence-corrected chi connectivity index (χ1v) is 9.28. The van der Waals surface area contributed by atoms with E-state index in [2.05, 4.69) is 12.7 Å². The summed E-state index contributed by atoms with van der Waals surface area (Å²) in [7, 11) is -3.91. The Labute approximate surface area is 119 Å². The number of quaternary nitrogens is 1. The van der Waals surface area contributed by atoms with E-state index in [9.17, 15) is 13.0 Å². The van der Waals surface area contributed by atoms with Gasteiger partial charge in [-0.1, -0.05) is 65.2 Å². The molecule has 0 rings (SSSR count). The maximum absolute atomic E-state index is 9.44. The molecule has 0 aromatic carbocycles. The largest absolute Gasteiger partial charge is 0.748 e. The van der Waals surface area contributed by atoms with Gasteiger partial charge in [0.25, 0.3) is 0 Å². The summed E-state index contributed by atoms with van der Waals surface area (Å²) in [6, 6.07) is 0. The van der Waals surface area contributed by atoms with Crippen LogP contribution in [0.4, 0.5) is 0 Å². The molecule has 0 fully saturated rings. The van der Waals surface area contributed by atoms with Crippen molar-refractivity contribution in [2.45, 2.75) is 78.1 Å². The number of hydrogen-bond acceptors (Lipinski definition) is 3. The molecule has 0 heterocycles. The second kappa shape index (κ2) is 15.9. The Morgan fingerprint density at radius 1 is 0.789 bits per heavy atom. The second-order valence-electron chi connectivity index (χ2n) is 4.88. The van der Waals surface area contributed by atoms with Gasteiger partial charge in [-0.15, -0.1) is 0 Å². The lowest BCUT2D eigenvalue weighted by molar-refractivity contribution is -0.368. The first-order valence-electron chi connectivity index (χ1n) is 7.70. The van der Waals surface area contributed by atoms with E-state index in [1.54, 1.807) is 0 Å². The monoisotopic (exact) mass is 295 g/mol. The van der Waals surface area contributed by atoms with Gasteiger partial charge in [-0.05, 0) is 12.8 Å². The normalized spacial score (nSPS) is 10.9. The van der Waals surface area contributed by atoms with Crippen molar-refractivity contribution >= 4 is 10.1 Å². The fourth-order valence-corrected chi connectivity index (χ4v) is 1.66. The summed E-state index contributed by atoms with van der Waals surface area (Å²) in [5, 5.41) is 0. The molecule has 0 bridgehead atoms. The van der Waals surface area contributed by atoms with Crippen molar-refractivity contribution in [2.24, 2.45) is 0 Å². The Bertz CT molecular complexity index is 243. The second-order valence-corrected chi connectivity index (χ2v) is 6.57. The molecule has 0 aromatic rings. The predicted octanol–water partition coefficient (Wildman–Crippen LogP) is 2.70. The molecule has 4 nitrogen and oxygen atoms in total. The Kier molecular flexibility index (Phi) is 17.7. The molecule has 0 amide bonds. The van der Waals surface area contributed by atoms with Crippen LogP contribution in [0.25, 0.3) is 0 Å². The quantitative estimate of drug-likeness (QED) is 0.470. The molecule has 0 spiro atoms. The van der Waals surface area contributed by atoms with Crippen LogP contribution in [-0.4, -0.2) is 25.3 Å². The van der Waals surface area contributed by atoms with Gasteiger partial charge in [0.1, 0.15) is 0 Å². The summed E-state index contributed by atoms with van der Waals surface area (Å²) in [5.41, 5.74) is 3.85. The van der Waals surface area contributed by atoms with Crippen molar-refractivity contribution in [2.75, 3.05) is 12.3 Å². The molecule has 3 N–H and O–H groups in total. The van der Waals surface area contributed by atoms with E-state index in [1.165, 1.54) is 71.1 Å². The zero-order valence-corrected chi connectivity index (χ0v) is 13.6. The van der Waals surface area contributed by atoms with E-state index >= 15 is 0 Å². The summed E-state index contributed by atoms with van der Waals surface area (Å²) in [6.45, 7) is 4.71. The van der Waals surface area contributed by atoms with Crippen LogP contribution in [-0.2, 0) is 10.1 Å². The molecular formula is C14H33NO3S. The lowest BCUT2D eigenvalue weighted by atomic mass is 10.1. The third-order valence-corrected chi connectivity index (χ3v) is 3.66. The van der Waals surface area contributed by atoms with E-state index in [0.29, 0.717) is 0 Å². The summed E-state index contributed by atoms with van der Waals surface area (Å²) in [5.74, 6) is -0.312. The zero-order chi connectivity index (χ0) is 15.0. The highest BCUT2D eigenvalue weighted by atomic mass is 32.2. The van der Waals surface area contributed by atoms with Gasteiger partial charge in [0, 0.05) is 5.75 Å². The molecule has 5 heteroatoms. The minimum atomic E-state index is -3.91. The van der Waals surface area contributed by atoms with Crippen LogP contribution in [0, 0.1) is 0 Å². The van der Waals surface area contributed by atoms with Crippen LogP contribution in [0.2, 0.25) is 0 Å². The Morgan fingerprint density at radius 3 is 1.37 bits per heavy atom. The van der Waals surface area contributed by atoms with Gasteiger partial charge in [-0.25, -0.2) is 8.42 Å². The molecule has 0 aromatic heterocycles. The van der Waals surface area contributed by atoms with Crippen LogP contribution >= 0.6 is 0 Å². The molecule has 0 saturated heterocycles. The van der Waals surface area contributed by atoms with Gasteiger partial charge >= 0.3 is 0 Å². The molecule has 0 radical (unpaired) electrons. The standard InChI is InChI=1S/C12H27N.C2H6O3S/c1-2-3-4-5-6-7-8-9-10-11-12-13;1-2-6(3,4)5/h2-13H2,1H3;2H2,1H3,(H,3,4,5). The first kappa shape index (κ1) is 21.2. The minimum absolute atomic E-state index is 0.312. The highest BCUT2D eigenvalue weighted by Crippen LogP contribution is 2.09. The van der Waals surface area contributed by atoms with Gasteiger partial charge in [0.05, 0.1) is 16.7 Å². The fourth-order valence-electron chi connectivity index (χ4n) is 1.66. The molecule has 0 atom stereocenters. The van der Waals surface area contributed by atoms with Crippen molar-refractivity contribution in [1.82, 2.24) is 0 Å². The molecule has 0 aliphatic heterocycles. The number of hydrogen-bond donors (Lipinski definition) is 1. The number of unbranched alkanes of at least 4 members (excludes halogenated alkanes) is 9. The SMILES string of the molecule is CCCCCCCCCCCC[NH3+].CCS(=O)(=O)[O-]. The molecule has 118 valence electrons. The third-order valence-electron chi connectivity index (χ3n) is 2.96. The Balaban J connectivity index is 0. The average Bonchev–Trinajstić information content (AvgIpc) is 2.37. The van der Waals surface area contributed by atoms with E-state index in [-0.39, 0.29) is 5.75 Å². The van der Waals surface area contributed by atoms with Crippen LogP contribution in [0.3, 0.4) is 0 Å².